The van der Waals surface area contributed by atoms with Crippen molar-refractivity contribution in [1.29, 1.82) is 0 Å². The third kappa shape index (κ3) is 3.87. The van der Waals surface area contributed by atoms with Gasteiger partial charge in [0.15, 0.2) is 11.5 Å². The smallest absolute Gasteiger partial charge is 0.243 e. The molecule has 2 N–H and O–H groups in total. The van der Waals surface area contributed by atoms with Gasteiger partial charge in [-0.1, -0.05) is 17.7 Å². The van der Waals surface area contributed by atoms with E-state index >= 15 is 0 Å². The molecular weight excluding hydrogens is 316 g/mol. The Labute approximate surface area is 139 Å². The maximum Gasteiger partial charge on any atom is 0.243 e. The Balaban J connectivity index is 1.57. The van der Waals surface area contributed by atoms with Crippen molar-refractivity contribution in [3.05, 3.63) is 47.0 Å². The number of amides is 1. The van der Waals surface area contributed by atoms with Gasteiger partial charge < -0.3 is 20.1 Å². The van der Waals surface area contributed by atoms with Crippen LogP contribution in [0.25, 0.3) is 0 Å². The van der Waals surface area contributed by atoms with E-state index in [0.717, 1.165) is 11.3 Å². The summed E-state index contributed by atoms with van der Waals surface area (Å²) in [5.74, 6) is 1.19. The Hall–Kier alpha value is -2.40. The van der Waals surface area contributed by atoms with E-state index in [0.29, 0.717) is 35.4 Å². The molecule has 2 aromatic carbocycles. The number of halogens is 1. The van der Waals surface area contributed by atoms with E-state index in [2.05, 4.69) is 10.6 Å². The quantitative estimate of drug-likeness (QED) is 0.900. The van der Waals surface area contributed by atoms with Crippen molar-refractivity contribution < 1.29 is 14.3 Å². The number of carbonyl (C=O) groups excluding carboxylic acids is 1. The first-order chi connectivity index (χ1) is 11.1. The highest BCUT2D eigenvalue weighted by atomic mass is 35.5. The summed E-state index contributed by atoms with van der Waals surface area (Å²) in [6, 6.07) is 10.9. The molecule has 0 fully saturated rings. The number of benzene rings is 2. The highest BCUT2D eigenvalue weighted by Gasteiger charge is 2.12. The van der Waals surface area contributed by atoms with Crippen LogP contribution >= 0.6 is 11.6 Å². The van der Waals surface area contributed by atoms with Crippen molar-refractivity contribution in [3.8, 4) is 11.5 Å². The molecule has 0 saturated heterocycles. The van der Waals surface area contributed by atoms with Gasteiger partial charge in [0.05, 0.1) is 6.54 Å². The summed E-state index contributed by atoms with van der Waals surface area (Å²) in [4.78, 5) is 12.0. The standard InChI is InChI=1S/C17H17ClN2O3/c1-11-2-3-12(8-14(11)18)19-10-17(21)20-13-4-5-15-16(9-13)23-7-6-22-15/h2-5,8-9,19H,6-7,10H2,1H3,(H,20,21). The van der Waals surface area contributed by atoms with E-state index in [1.54, 1.807) is 24.3 Å². The Bertz CT molecular complexity index is 734. The summed E-state index contributed by atoms with van der Waals surface area (Å²) in [6.07, 6.45) is 0. The van der Waals surface area contributed by atoms with Crippen molar-refractivity contribution in [2.45, 2.75) is 6.92 Å². The van der Waals surface area contributed by atoms with Gasteiger partial charge in [0.1, 0.15) is 13.2 Å². The van der Waals surface area contributed by atoms with Gasteiger partial charge in [-0.15, -0.1) is 0 Å². The van der Waals surface area contributed by atoms with E-state index in [1.807, 2.05) is 19.1 Å². The second kappa shape index (κ2) is 6.79. The van der Waals surface area contributed by atoms with E-state index in [9.17, 15) is 4.79 Å². The van der Waals surface area contributed by atoms with Crippen molar-refractivity contribution in [2.24, 2.45) is 0 Å². The average molecular weight is 333 g/mol. The first-order valence-corrected chi connectivity index (χ1v) is 7.69. The van der Waals surface area contributed by atoms with Crippen molar-refractivity contribution in [2.75, 3.05) is 30.4 Å². The Morgan fingerprint density at radius 1 is 1.09 bits per heavy atom. The Morgan fingerprint density at radius 2 is 1.83 bits per heavy atom. The lowest BCUT2D eigenvalue weighted by atomic mass is 10.2. The highest BCUT2D eigenvalue weighted by Crippen LogP contribution is 2.32. The molecule has 23 heavy (non-hydrogen) atoms. The van der Waals surface area contributed by atoms with Gasteiger partial charge in [0.25, 0.3) is 0 Å². The zero-order valence-corrected chi connectivity index (χ0v) is 13.4. The molecule has 0 radical (unpaired) electrons. The highest BCUT2D eigenvalue weighted by molar-refractivity contribution is 6.31. The van der Waals surface area contributed by atoms with Crippen molar-refractivity contribution in [1.82, 2.24) is 0 Å². The molecule has 6 heteroatoms. The van der Waals surface area contributed by atoms with Gasteiger partial charge in [0, 0.05) is 22.5 Å². The van der Waals surface area contributed by atoms with Crippen LogP contribution < -0.4 is 20.1 Å². The fourth-order valence-electron chi connectivity index (χ4n) is 2.21. The maximum atomic E-state index is 12.0. The summed E-state index contributed by atoms with van der Waals surface area (Å²) < 4.78 is 10.9. The van der Waals surface area contributed by atoms with Crippen LogP contribution in [-0.4, -0.2) is 25.7 Å². The average Bonchev–Trinajstić information content (AvgIpc) is 2.56. The number of nitrogens with one attached hydrogen (secondary N) is 2. The number of ether oxygens (including phenoxy) is 2. The van der Waals surface area contributed by atoms with Gasteiger partial charge in [-0.05, 0) is 36.8 Å². The molecule has 0 saturated carbocycles. The molecule has 2 aromatic rings. The number of aryl methyl sites for hydroxylation is 1. The molecule has 0 spiro atoms. The zero-order chi connectivity index (χ0) is 16.2. The monoisotopic (exact) mass is 332 g/mol. The third-order valence-corrected chi connectivity index (χ3v) is 3.86. The number of carbonyl (C=O) groups is 1. The summed E-state index contributed by atoms with van der Waals surface area (Å²) in [5, 5.41) is 6.53. The molecule has 120 valence electrons. The van der Waals surface area contributed by atoms with Gasteiger partial charge in [-0.3, -0.25) is 4.79 Å². The van der Waals surface area contributed by atoms with Crippen LogP contribution in [0.1, 0.15) is 5.56 Å². The summed E-state index contributed by atoms with van der Waals surface area (Å²) >= 11 is 6.06. The second-order valence-electron chi connectivity index (χ2n) is 5.22. The van der Waals surface area contributed by atoms with E-state index < -0.39 is 0 Å². The zero-order valence-electron chi connectivity index (χ0n) is 12.7. The summed E-state index contributed by atoms with van der Waals surface area (Å²) in [6.45, 7) is 3.14. The number of hydrogen-bond donors (Lipinski definition) is 2. The largest absolute Gasteiger partial charge is 0.486 e. The second-order valence-corrected chi connectivity index (χ2v) is 5.63. The summed E-state index contributed by atoms with van der Waals surface area (Å²) in [7, 11) is 0. The van der Waals surface area contributed by atoms with Gasteiger partial charge in [-0.25, -0.2) is 0 Å². The number of fused-ring (bicyclic) bond motifs is 1. The molecule has 5 nitrogen and oxygen atoms in total. The topological polar surface area (TPSA) is 59.6 Å². The number of hydrogen-bond acceptors (Lipinski definition) is 4. The van der Waals surface area contributed by atoms with Gasteiger partial charge >= 0.3 is 0 Å². The molecule has 0 aliphatic carbocycles. The molecule has 0 aromatic heterocycles. The van der Waals surface area contributed by atoms with E-state index in [-0.39, 0.29) is 12.5 Å². The number of anilines is 2. The van der Waals surface area contributed by atoms with E-state index in [1.165, 1.54) is 0 Å². The third-order valence-electron chi connectivity index (χ3n) is 3.45. The Kier molecular flexibility index (Phi) is 4.57. The lowest BCUT2D eigenvalue weighted by molar-refractivity contribution is -0.114. The summed E-state index contributed by atoms with van der Waals surface area (Å²) in [5.41, 5.74) is 2.47. The van der Waals surface area contributed by atoms with E-state index in [4.69, 9.17) is 21.1 Å². The minimum absolute atomic E-state index is 0.147. The molecule has 1 amide bonds. The van der Waals surface area contributed by atoms with Gasteiger partial charge in [-0.2, -0.15) is 0 Å². The van der Waals surface area contributed by atoms with Gasteiger partial charge in [0.2, 0.25) is 5.91 Å². The first-order valence-electron chi connectivity index (χ1n) is 7.31. The predicted octanol–water partition coefficient (Wildman–Crippen LogP) is 3.47. The normalized spacial score (nSPS) is 12.6. The van der Waals surface area contributed by atoms with Crippen LogP contribution in [0.5, 0.6) is 11.5 Å². The van der Waals surface area contributed by atoms with Crippen LogP contribution in [0.2, 0.25) is 5.02 Å². The molecule has 1 aliphatic rings. The first kappa shape index (κ1) is 15.5. The predicted molar refractivity (Wildman–Crippen MR) is 90.7 cm³/mol. The minimum Gasteiger partial charge on any atom is -0.486 e. The lowest BCUT2D eigenvalue weighted by Gasteiger charge is -2.19. The molecule has 1 heterocycles. The van der Waals surface area contributed by atoms with Crippen molar-refractivity contribution >= 4 is 28.9 Å². The molecule has 0 atom stereocenters. The molecule has 3 rings (SSSR count). The molecule has 0 unspecified atom stereocenters. The van der Waals surface area contributed by atoms with Crippen LogP contribution in [0.3, 0.4) is 0 Å². The van der Waals surface area contributed by atoms with Crippen LogP contribution in [0.15, 0.2) is 36.4 Å². The number of rotatable bonds is 4. The Morgan fingerprint density at radius 3 is 2.61 bits per heavy atom. The fraction of sp³-hybridized carbons (Fsp3) is 0.235. The molecule has 0 bridgehead atoms. The van der Waals surface area contributed by atoms with Crippen LogP contribution in [0, 0.1) is 6.92 Å². The minimum atomic E-state index is -0.154. The van der Waals surface area contributed by atoms with Crippen LogP contribution in [-0.2, 0) is 4.79 Å². The molecular formula is C17H17ClN2O3. The lowest BCUT2D eigenvalue weighted by Crippen LogP contribution is -2.22. The fourth-order valence-corrected chi connectivity index (χ4v) is 2.39. The molecule has 1 aliphatic heterocycles. The maximum absolute atomic E-state index is 12.0. The SMILES string of the molecule is Cc1ccc(NCC(=O)Nc2ccc3c(c2)OCCO3)cc1Cl. The van der Waals surface area contributed by atoms with Crippen molar-refractivity contribution in [3.63, 3.8) is 0 Å². The van der Waals surface area contributed by atoms with Crippen LogP contribution in [0.4, 0.5) is 11.4 Å².